The lowest BCUT2D eigenvalue weighted by atomic mass is 10.0. The van der Waals surface area contributed by atoms with Crippen LogP contribution in [0.2, 0.25) is 0 Å². The van der Waals surface area contributed by atoms with Crippen molar-refractivity contribution in [3.63, 3.8) is 0 Å². The first-order valence-electron chi connectivity index (χ1n) is 34.1. The molecule has 6 nitrogen and oxygen atoms in total. The summed E-state index contributed by atoms with van der Waals surface area (Å²) in [7, 11) is 0. The minimum absolute atomic E-state index is 0.0751. The Kier molecular flexibility index (Phi) is 63.6. The molecule has 0 saturated carbocycles. The quantitative estimate of drug-likeness (QED) is 0.0261. The Morgan fingerprint density at radius 1 is 0.260 bits per heavy atom. The molecule has 0 amide bonds. The first-order valence-corrected chi connectivity index (χ1v) is 34.1. The first-order chi connectivity index (χ1) is 38.0. The van der Waals surface area contributed by atoms with E-state index in [9.17, 15) is 14.4 Å². The predicted molar refractivity (Wildman–Crippen MR) is 335 cm³/mol. The average Bonchev–Trinajstić information content (AvgIpc) is 3.43. The van der Waals surface area contributed by atoms with Gasteiger partial charge in [0.25, 0.3) is 0 Å². The third-order valence-corrected chi connectivity index (χ3v) is 15.3. The number of allylic oxidation sites excluding steroid dienone is 8. The van der Waals surface area contributed by atoms with Gasteiger partial charge in [-0.05, 0) is 83.5 Å². The van der Waals surface area contributed by atoms with Crippen molar-refractivity contribution >= 4 is 17.9 Å². The summed E-state index contributed by atoms with van der Waals surface area (Å²) in [6.45, 7) is 6.66. The molecule has 0 bridgehead atoms. The molecule has 0 aromatic rings. The molecule has 0 saturated heterocycles. The summed E-state index contributed by atoms with van der Waals surface area (Å²) in [6, 6.07) is 0. The van der Waals surface area contributed by atoms with E-state index in [0.29, 0.717) is 19.3 Å². The third kappa shape index (κ3) is 64.1. The van der Waals surface area contributed by atoms with Crippen molar-refractivity contribution in [1.29, 1.82) is 0 Å². The van der Waals surface area contributed by atoms with Gasteiger partial charge in [0.15, 0.2) is 6.10 Å². The Morgan fingerprint density at radius 3 is 0.766 bits per heavy atom. The normalized spacial score (nSPS) is 12.3. The lowest BCUT2D eigenvalue weighted by Gasteiger charge is -2.18. The highest BCUT2D eigenvalue weighted by Gasteiger charge is 2.19. The van der Waals surface area contributed by atoms with Gasteiger partial charge in [-0.1, -0.05) is 313 Å². The number of esters is 3. The summed E-state index contributed by atoms with van der Waals surface area (Å²) in [5.41, 5.74) is 0. The maximum Gasteiger partial charge on any atom is 0.306 e. The van der Waals surface area contributed by atoms with E-state index in [1.807, 2.05) is 0 Å². The van der Waals surface area contributed by atoms with Crippen molar-refractivity contribution in [2.24, 2.45) is 0 Å². The lowest BCUT2D eigenvalue weighted by Crippen LogP contribution is -2.30. The Balaban J connectivity index is 4.35. The van der Waals surface area contributed by atoms with E-state index >= 15 is 0 Å². The monoisotopic (exact) mass is 1080 g/mol. The summed E-state index contributed by atoms with van der Waals surface area (Å²) < 4.78 is 17.0. The maximum atomic E-state index is 12.9. The molecule has 0 aliphatic carbocycles. The zero-order valence-electron chi connectivity index (χ0n) is 51.7. The van der Waals surface area contributed by atoms with Crippen LogP contribution in [0.3, 0.4) is 0 Å². The fourth-order valence-electron chi connectivity index (χ4n) is 10.2. The van der Waals surface area contributed by atoms with Crippen molar-refractivity contribution in [3.05, 3.63) is 48.6 Å². The molecule has 0 radical (unpaired) electrons. The Morgan fingerprint density at radius 2 is 0.468 bits per heavy atom. The van der Waals surface area contributed by atoms with Gasteiger partial charge in [-0.2, -0.15) is 0 Å². The Bertz CT molecular complexity index is 1330. The van der Waals surface area contributed by atoms with Crippen molar-refractivity contribution in [3.8, 4) is 0 Å². The van der Waals surface area contributed by atoms with Crippen LogP contribution in [0.15, 0.2) is 48.6 Å². The van der Waals surface area contributed by atoms with Gasteiger partial charge in [-0.15, -0.1) is 0 Å². The van der Waals surface area contributed by atoms with Crippen LogP contribution >= 0.6 is 0 Å². The van der Waals surface area contributed by atoms with Crippen LogP contribution in [0.5, 0.6) is 0 Å². The Hall–Kier alpha value is -2.63. The summed E-state index contributed by atoms with van der Waals surface area (Å²) in [4.78, 5) is 38.4. The number of hydrogen-bond acceptors (Lipinski definition) is 6. The number of carbonyl (C=O) groups excluding carboxylic acids is 3. The molecule has 450 valence electrons. The van der Waals surface area contributed by atoms with Crippen molar-refractivity contribution in [2.45, 2.75) is 374 Å². The molecule has 0 fully saturated rings. The van der Waals surface area contributed by atoms with Crippen LogP contribution in [-0.2, 0) is 28.6 Å². The van der Waals surface area contributed by atoms with Gasteiger partial charge < -0.3 is 14.2 Å². The second-order valence-corrected chi connectivity index (χ2v) is 23.1. The van der Waals surface area contributed by atoms with Gasteiger partial charge in [0, 0.05) is 19.3 Å². The molecule has 0 N–H and O–H groups in total. The van der Waals surface area contributed by atoms with Gasteiger partial charge in [0.05, 0.1) is 0 Å². The fraction of sp³-hybridized carbons (Fsp3) is 0.845. The first kappa shape index (κ1) is 74.4. The molecule has 1 atom stereocenters. The number of rotatable bonds is 63. The van der Waals surface area contributed by atoms with Gasteiger partial charge in [0.1, 0.15) is 13.2 Å². The highest BCUT2D eigenvalue weighted by Crippen LogP contribution is 2.18. The molecule has 6 heteroatoms. The van der Waals surface area contributed by atoms with Gasteiger partial charge in [-0.3, -0.25) is 14.4 Å². The van der Waals surface area contributed by atoms with Crippen LogP contribution in [0.1, 0.15) is 367 Å². The van der Waals surface area contributed by atoms with E-state index in [1.54, 1.807) is 0 Å². The SMILES string of the molecule is CCCCC/C=C\C/C=C\C/C=C\CCCCCCCCC(=O)OC(COC(=O)CCCCCCCCCCC/C=C\CCCCCCCC)COC(=O)CCCCCCCCCCCCCCCCCCCCCCC. The number of hydrogen-bond donors (Lipinski definition) is 0. The molecule has 0 aliphatic heterocycles. The second-order valence-electron chi connectivity index (χ2n) is 23.1. The summed E-state index contributed by atoms with van der Waals surface area (Å²) in [5, 5.41) is 0. The van der Waals surface area contributed by atoms with E-state index in [4.69, 9.17) is 14.2 Å². The van der Waals surface area contributed by atoms with Crippen LogP contribution < -0.4 is 0 Å². The van der Waals surface area contributed by atoms with Crippen LogP contribution in [0, 0.1) is 0 Å². The fourth-order valence-corrected chi connectivity index (χ4v) is 10.2. The molecule has 0 aromatic heterocycles. The molecule has 1 unspecified atom stereocenters. The number of ether oxygens (including phenoxy) is 3. The van der Waals surface area contributed by atoms with Crippen LogP contribution in [0.4, 0.5) is 0 Å². The third-order valence-electron chi connectivity index (χ3n) is 15.3. The topological polar surface area (TPSA) is 78.9 Å². The second kappa shape index (κ2) is 65.9. The van der Waals surface area contributed by atoms with Crippen molar-refractivity contribution in [2.75, 3.05) is 13.2 Å². The molecule has 77 heavy (non-hydrogen) atoms. The van der Waals surface area contributed by atoms with Crippen LogP contribution in [0.25, 0.3) is 0 Å². The molecular formula is C71H130O6. The largest absolute Gasteiger partial charge is 0.462 e. The molecule has 0 aliphatic rings. The van der Waals surface area contributed by atoms with E-state index in [2.05, 4.69) is 69.4 Å². The standard InChI is InChI=1S/C71H130O6/c1-4-7-10-13-16-19-22-25-28-31-34-35-38-40-43-46-49-52-55-58-61-64-70(73)76-67-68(77-71(74)65-62-59-56-53-50-47-44-41-37-33-30-27-24-21-18-15-12-9-6-3)66-75-69(72)63-60-57-54-51-48-45-42-39-36-32-29-26-23-20-17-14-11-8-5-2/h18,21,26-27,29-30,37,41,68H,4-17,19-20,22-25,28,31-36,38-40,42-67H2,1-3H3/b21-18-,29-26-,30-27-,41-37-. The van der Waals surface area contributed by atoms with E-state index < -0.39 is 6.10 Å². The molecular weight excluding hydrogens is 949 g/mol. The highest BCUT2D eigenvalue weighted by atomic mass is 16.6. The van der Waals surface area contributed by atoms with E-state index in [0.717, 1.165) is 77.0 Å². The molecule has 0 heterocycles. The highest BCUT2D eigenvalue weighted by molar-refractivity contribution is 5.71. The van der Waals surface area contributed by atoms with E-state index in [1.165, 1.54) is 250 Å². The Labute approximate surface area is 479 Å². The minimum Gasteiger partial charge on any atom is -0.462 e. The lowest BCUT2D eigenvalue weighted by molar-refractivity contribution is -0.167. The van der Waals surface area contributed by atoms with Crippen LogP contribution in [-0.4, -0.2) is 37.2 Å². The number of carbonyl (C=O) groups is 3. The summed E-state index contributed by atoms with van der Waals surface area (Å²) >= 11 is 0. The molecule has 0 rings (SSSR count). The summed E-state index contributed by atoms with van der Waals surface area (Å²) in [5.74, 6) is -0.865. The van der Waals surface area contributed by atoms with Gasteiger partial charge in [-0.25, -0.2) is 0 Å². The number of unbranched alkanes of at least 4 members (excludes halogenated alkanes) is 44. The average molecular weight is 1080 g/mol. The zero-order chi connectivity index (χ0) is 55.7. The predicted octanol–water partition coefficient (Wildman–Crippen LogP) is 23.3. The van der Waals surface area contributed by atoms with Crippen molar-refractivity contribution in [1.82, 2.24) is 0 Å². The van der Waals surface area contributed by atoms with Crippen molar-refractivity contribution < 1.29 is 28.6 Å². The zero-order valence-corrected chi connectivity index (χ0v) is 51.7. The molecule has 0 aromatic carbocycles. The van der Waals surface area contributed by atoms with E-state index in [-0.39, 0.29) is 31.1 Å². The smallest absolute Gasteiger partial charge is 0.306 e. The maximum absolute atomic E-state index is 12.9. The van der Waals surface area contributed by atoms with Gasteiger partial charge in [0.2, 0.25) is 0 Å². The summed E-state index contributed by atoms with van der Waals surface area (Å²) in [6.07, 6.45) is 82.6. The minimum atomic E-state index is -0.781. The van der Waals surface area contributed by atoms with Gasteiger partial charge >= 0.3 is 17.9 Å². The molecule has 0 spiro atoms.